The number of hydrogen-bond acceptors (Lipinski definition) is 4. The SMILES string of the molecule is O=C1CC(=O)N(C(=O)c2c[nH]c3ccc(Br)cc3c2=O)N1. The first kappa shape index (κ1) is 13.5. The minimum atomic E-state index is -0.853. The Morgan fingerprint density at radius 2 is 2.00 bits per heavy atom. The largest absolute Gasteiger partial charge is 0.360 e. The third-order valence-electron chi connectivity index (χ3n) is 3.07. The fourth-order valence-corrected chi connectivity index (χ4v) is 2.44. The van der Waals surface area contributed by atoms with E-state index in [-0.39, 0.29) is 5.56 Å². The summed E-state index contributed by atoms with van der Waals surface area (Å²) in [6.45, 7) is 0. The number of fused-ring (bicyclic) bond motifs is 1. The van der Waals surface area contributed by atoms with Crippen molar-refractivity contribution >= 4 is 44.6 Å². The van der Waals surface area contributed by atoms with Crippen LogP contribution in [0.15, 0.2) is 33.7 Å². The Hall–Kier alpha value is -2.48. The second-order valence-corrected chi connectivity index (χ2v) is 5.38. The number of hydrazine groups is 1. The number of rotatable bonds is 1. The molecule has 1 saturated heterocycles. The van der Waals surface area contributed by atoms with Crippen LogP contribution in [0.4, 0.5) is 0 Å². The number of aromatic amines is 1. The van der Waals surface area contributed by atoms with Crippen LogP contribution in [0.1, 0.15) is 16.8 Å². The Labute approximate surface area is 126 Å². The molecule has 0 bridgehead atoms. The molecule has 7 nitrogen and oxygen atoms in total. The van der Waals surface area contributed by atoms with E-state index in [2.05, 4.69) is 26.3 Å². The van der Waals surface area contributed by atoms with Crippen LogP contribution in [0.25, 0.3) is 10.9 Å². The number of pyridine rings is 1. The van der Waals surface area contributed by atoms with Crippen LogP contribution in [0.3, 0.4) is 0 Å². The van der Waals surface area contributed by atoms with E-state index in [4.69, 9.17) is 0 Å². The molecule has 3 amide bonds. The van der Waals surface area contributed by atoms with Gasteiger partial charge in [-0.15, -0.1) is 0 Å². The van der Waals surface area contributed by atoms with E-state index in [1.165, 1.54) is 6.20 Å². The summed E-state index contributed by atoms with van der Waals surface area (Å²) in [6, 6.07) is 5.02. The molecule has 1 aromatic heterocycles. The fraction of sp³-hybridized carbons (Fsp3) is 0.0769. The quantitative estimate of drug-likeness (QED) is 0.584. The Bertz CT molecular complexity index is 858. The molecule has 106 valence electrons. The van der Waals surface area contributed by atoms with Crippen LogP contribution in [-0.4, -0.2) is 27.7 Å². The van der Waals surface area contributed by atoms with Crippen molar-refractivity contribution in [2.75, 3.05) is 0 Å². The van der Waals surface area contributed by atoms with Crippen molar-refractivity contribution in [1.82, 2.24) is 15.4 Å². The van der Waals surface area contributed by atoms with Crippen molar-refractivity contribution in [3.8, 4) is 0 Å². The van der Waals surface area contributed by atoms with Crippen LogP contribution in [0, 0.1) is 0 Å². The summed E-state index contributed by atoms with van der Waals surface area (Å²) in [5.74, 6) is -2.11. The van der Waals surface area contributed by atoms with Gasteiger partial charge >= 0.3 is 0 Å². The first-order valence-electron chi connectivity index (χ1n) is 5.95. The predicted molar refractivity (Wildman–Crippen MR) is 76.2 cm³/mol. The topological polar surface area (TPSA) is 99.3 Å². The Balaban J connectivity index is 2.11. The highest BCUT2D eigenvalue weighted by molar-refractivity contribution is 9.10. The van der Waals surface area contributed by atoms with Gasteiger partial charge < -0.3 is 4.98 Å². The summed E-state index contributed by atoms with van der Waals surface area (Å²) in [7, 11) is 0. The van der Waals surface area contributed by atoms with Gasteiger partial charge in [0.2, 0.25) is 11.3 Å². The smallest absolute Gasteiger partial charge is 0.285 e. The Morgan fingerprint density at radius 3 is 2.67 bits per heavy atom. The van der Waals surface area contributed by atoms with Gasteiger partial charge in [0.05, 0.1) is 0 Å². The van der Waals surface area contributed by atoms with Gasteiger partial charge in [0.15, 0.2) is 0 Å². The van der Waals surface area contributed by atoms with Crippen LogP contribution in [0.5, 0.6) is 0 Å². The van der Waals surface area contributed by atoms with Crippen molar-refractivity contribution in [1.29, 1.82) is 0 Å². The van der Waals surface area contributed by atoms with Crippen LogP contribution in [-0.2, 0) is 9.59 Å². The summed E-state index contributed by atoms with van der Waals surface area (Å²) in [6.07, 6.45) is 0.835. The zero-order chi connectivity index (χ0) is 15.1. The lowest BCUT2D eigenvalue weighted by Gasteiger charge is -2.12. The molecule has 2 heterocycles. The summed E-state index contributed by atoms with van der Waals surface area (Å²) < 4.78 is 0.690. The molecule has 2 N–H and O–H groups in total. The number of carbonyl (C=O) groups is 3. The van der Waals surface area contributed by atoms with E-state index < -0.39 is 29.6 Å². The van der Waals surface area contributed by atoms with Gasteiger partial charge in [0, 0.05) is 21.6 Å². The van der Waals surface area contributed by atoms with E-state index in [9.17, 15) is 19.2 Å². The molecule has 1 fully saturated rings. The highest BCUT2D eigenvalue weighted by Crippen LogP contribution is 2.16. The van der Waals surface area contributed by atoms with E-state index >= 15 is 0 Å². The summed E-state index contributed by atoms with van der Waals surface area (Å²) in [5, 5.41) is 0.879. The number of benzene rings is 1. The molecule has 21 heavy (non-hydrogen) atoms. The average Bonchev–Trinajstić information content (AvgIpc) is 2.78. The zero-order valence-electron chi connectivity index (χ0n) is 10.5. The molecule has 3 rings (SSSR count). The molecule has 1 aliphatic heterocycles. The van der Waals surface area contributed by atoms with Crippen molar-refractivity contribution in [2.45, 2.75) is 6.42 Å². The lowest BCUT2D eigenvalue weighted by Crippen LogP contribution is -2.43. The van der Waals surface area contributed by atoms with Gasteiger partial charge in [-0.3, -0.25) is 24.6 Å². The molecule has 0 saturated carbocycles. The number of nitrogens with one attached hydrogen (secondary N) is 2. The van der Waals surface area contributed by atoms with Crippen LogP contribution in [0.2, 0.25) is 0 Å². The van der Waals surface area contributed by atoms with Gasteiger partial charge in [-0.25, -0.2) is 0 Å². The van der Waals surface area contributed by atoms with Crippen molar-refractivity contribution < 1.29 is 14.4 Å². The van der Waals surface area contributed by atoms with Crippen molar-refractivity contribution in [3.05, 3.63) is 44.7 Å². The monoisotopic (exact) mass is 349 g/mol. The second-order valence-electron chi connectivity index (χ2n) is 4.47. The Kier molecular flexibility index (Phi) is 3.09. The third kappa shape index (κ3) is 2.23. The van der Waals surface area contributed by atoms with Gasteiger partial charge in [-0.05, 0) is 18.2 Å². The number of H-pyrrole nitrogens is 1. The zero-order valence-corrected chi connectivity index (χ0v) is 12.1. The third-order valence-corrected chi connectivity index (χ3v) is 3.57. The lowest BCUT2D eigenvalue weighted by atomic mass is 10.1. The summed E-state index contributed by atoms with van der Waals surface area (Å²) in [5.41, 5.74) is 1.97. The fourth-order valence-electron chi connectivity index (χ4n) is 2.08. The predicted octanol–water partition coefficient (Wildman–Crippen LogP) is 0.694. The maximum Gasteiger partial charge on any atom is 0.285 e. The molecule has 1 aromatic carbocycles. The molecule has 0 unspecified atom stereocenters. The number of halogens is 1. The van der Waals surface area contributed by atoms with Crippen molar-refractivity contribution in [2.24, 2.45) is 0 Å². The van der Waals surface area contributed by atoms with Gasteiger partial charge in [0.1, 0.15) is 12.0 Å². The maximum atomic E-state index is 12.4. The number of nitrogens with zero attached hydrogens (tertiary/aromatic N) is 1. The molecule has 0 spiro atoms. The number of imide groups is 1. The van der Waals surface area contributed by atoms with Crippen LogP contribution < -0.4 is 10.9 Å². The van der Waals surface area contributed by atoms with E-state index in [1.54, 1.807) is 18.2 Å². The number of amides is 3. The highest BCUT2D eigenvalue weighted by Gasteiger charge is 2.34. The molecule has 2 aromatic rings. The lowest BCUT2D eigenvalue weighted by molar-refractivity contribution is -0.126. The first-order valence-corrected chi connectivity index (χ1v) is 6.74. The Morgan fingerprint density at radius 1 is 1.24 bits per heavy atom. The van der Waals surface area contributed by atoms with E-state index in [0.29, 0.717) is 20.4 Å². The molecule has 0 aliphatic carbocycles. The minimum Gasteiger partial charge on any atom is -0.360 e. The molecule has 1 aliphatic rings. The number of hydrogen-bond donors (Lipinski definition) is 2. The van der Waals surface area contributed by atoms with E-state index in [0.717, 1.165) is 0 Å². The number of aromatic nitrogens is 1. The first-order chi connectivity index (χ1) is 9.97. The molecular weight excluding hydrogens is 342 g/mol. The minimum absolute atomic E-state index is 0.212. The molecule has 0 atom stereocenters. The van der Waals surface area contributed by atoms with Gasteiger partial charge in [0.25, 0.3) is 11.8 Å². The van der Waals surface area contributed by atoms with Gasteiger partial charge in [-0.2, -0.15) is 5.01 Å². The summed E-state index contributed by atoms with van der Waals surface area (Å²) in [4.78, 5) is 50.0. The normalized spacial score (nSPS) is 14.6. The molecular formula is C13H8BrN3O4. The van der Waals surface area contributed by atoms with Gasteiger partial charge in [-0.1, -0.05) is 15.9 Å². The van der Waals surface area contributed by atoms with Crippen LogP contribution >= 0.6 is 15.9 Å². The maximum absolute atomic E-state index is 12.4. The highest BCUT2D eigenvalue weighted by atomic mass is 79.9. The summed E-state index contributed by atoms with van der Waals surface area (Å²) >= 11 is 3.25. The van der Waals surface area contributed by atoms with E-state index in [1.807, 2.05) is 0 Å². The number of carbonyl (C=O) groups excluding carboxylic acids is 3. The second kappa shape index (κ2) is 4.81. The molecule has 0 radical (unpaired) electrons. The average molecular weight is 350 g/mol. The van der Waals surface area contributed by atoms with Crippen molar-refractivity contribution in [3.63, 3.8) is 0 Å². The standard InChI is InChI=1S/C13H8BrN3O4/c14-6-1-2-9-7(3-6)12(20)8(5-15-9)13(21)17-11(19)4-10(18)16-17/h1-3,5H,4H2,(H,15,20)(H,16,18). The molecule has 8 heteroatoms.